The van der Waals surface area contributed by atoms with Crippen LogP contribution in [-0.2, 0) is 15.6 Å². The van der Waals surface area contributed by atoms with Crippen LogP contribution in [0.3, 0.4) is 0 Å². The smallest absolute Gasteiger partial charge is 0.404 e. The first-order valence-corrected chi connectivity index (χ1v) is 14.1. The van der Waals surface area contributed by atoms with Crippen LogP contribution >= 0.6 is 0 Å². The van der Waals surface area contributed by atoms with Gasteiger partial charge in [0.15, 0.2) is 8.32 Å². The van der Waals surface area contributed by atoms with Gasteiger partial charge in [-0.1, -0.05) is 53.7 Å². The molecule has 1 aromatic carbocycles. The molecule has 32 heavy (non-hydrogen) atoms. The highest BCUT2D eigenvalue weighted by Crippen LogP contribution is 2.37. The van der Waals surface area contributed by atoms with Crippen LogP contribution in [0.15, 0.2) is 24.3 Å². The van der Waals surface area contributed by atoms with Gasteiger partial charge in [-0.2, -0.15) is 0 Å². The molecule has 0 fully saturated rings. The number of halogens is 1. The van der Waals surface area contributed by atoms with E-state index >= 15 is 0 Å². The van der Waals surface area contributed by atoms with Gasteiger partial charge in [0.2, 0.25) is 0 Å². The van der Waals surface area contributed by atoms with Crippen LogP contribution in [0.1, 0.15) is 54.0 Å². The second kappa shape index (κ2) is 11.1. The Bertz CT molecular complexity index is 746. The standard InChI is InChI=1S/C24H43FN2O4Si/c1-16(31-32(8,9)24(5,6)7)15-27-21(23(2,3)4)20(28)19(30-22(26)29)14-17-11-10-12-18(25)13-17/h10-13,16,19-21,27-28H,14-15H2,1-9H3,(H2,26,29)/t16-,19-,20-,21?/m0/s1. The molecule has 1 amide bonds. The lowest BCUT2D eigenvalue weighted by Crippen LogP contribution is -2.57. The maximum Gasteiger partial charge on any atom is 0.404 e. The predicted molar refractivity (Wildman–Crippen MR) is 130 cm³/mol. The SMILES string of the molecule is C[C@@H](CNC([C@@H](O)[C@H](Cc1cccc(F)c1)OC(N)=O)C(C)(C)C)O[Si](C)(C)C(C)(C)C. The highest BCUT2D eigenvalue weighted by Gasteiger charge is 2.40. The Labute approximate surface area is 194 Å². The summed E-state index contributed by atoms with van der Waals surface area (Å²) in [7, 11) is -1.94. The monoisotopic (exact) mass is 470 g/mol. The summed E-state index contributed by atoms with van der Waals surface area (Å²) in [6.45, 7) is 19.5. The summed E-state index contributed by atoms with van der Waals surface area (Å²) in [5, 5.41) is 14.8. The number of amides is 1. The van der Waals surface area contributed by atoms with E-state index in [1.165, 1.54) is 12.1 Å². The number of rotatable bonds is 10. The fraction of sp³-hybridized carbons (Fsp3) is 0.708. The van der Waals surface area contributed by atoms with Crippen molar-refractivity contribution in [1.29, 1.82) is 0 Å². The number of hydrogen-bond acceptors (Lipinski definition) is 5. The number of benzene rings is 1. The summed E-state index contributed by atoms with van der Waals surface area (Å²) in [5.74, 6) is -0.392. The Morgan fingerprint density at radius 1 is 1.22 bits per heavy atom. The molecule has 0 spiro atoms. The lowest BCUT2D eigenvalue weighted by molar-refractivity contribution is -0.0368. The molecule has 0 aromatic heterocycles. The summed E-state index contributed by atoms with van der Waals surface area (Å²) < 4.78 is 25.3. The molecule has 184 valence electrons. The Kier molecular flexibility index (Phi) is 9.90. The number of nitrogens with one attached hydrogen (secondary N) is 1. The molecular weight excluding hydrogens is 427 g/mol. The molecule has 0 aliphatic heterocycles. The van der Waals surface area contributed by atoms with Crippen molar-refractivity contribution in [2.45, 2.75) is 97.4 Å². The third kappa shape index (κ3) is 8.81. The van der Waals surface area contributed by atoms with E-state index in [0.717, 1.165) is 0 Å². The van der Waals surface area contributed by atoms with Crippen molar-refractivity contribution in [1.82, 2.24) is 5.32 Å². The van der Waals surface area contributed by atoms with Gasteiger partial charge >= 0.3 is 6.09 Å². The van der Waals surface area contributed by atoms with E-state index in [1.807, 2.05) is 27.7 Å². The van der Waals surface area contributed by atoms with Gasteiger partial charge in [-0.15, -0.1) is 0 Å². The van der Waals surface area contributed by atoms with Crippen LogP contribution in [0.5, 0.6) is 0 Å². The summed E-state index contributed by atoms with van der Waals surface area (Å²) in [5.41, 5.74) is 5.52. The van der Waals surface area contributed by atoms with Gasteiger partial charge in [0.1, 0.15) is 18.0 Å². The van der Waals surface area contributed by atoms with Crippen molar-refractivity contribution in [2.75, 3.05) is 6.54 Å². The van der Waals surface area contributed by atoms with Crippen LogP contribution in [0.25, 0.3) is 0 Å². The number of carbonyl (C=O) groups excluding carboxylic acids is 1. The van der Waals surface area contributed by atoms with Crippen molar-refractivity contribution >= 4 is 14.4 Å². The van der Waals surface area contributed by atoms with Crippen LogP contribution in [0.2, 0.25) is 18.1 Å². The molecule has 4 N–H and O–H groups in total. The molecule has 0 heterocycles. The molecular formula is C24H43FN2O4Si. The summed E-state index contributed by atoms with van der Waals surface area (Å²) >= 11 is 0. The molecule has 0 aliphatic carbocycles. The fourth-order valence-electron chi connectivity index (χ4n) is 3.45. The quantitative estimate of drug-likeness (QED) is 0.434. The Morgan fingerprint density at radius 3 is 2.28 bits per heavy atom. The van der Waals surface area contributed by atoms with Crippen molar-refractivity contribution in [2.24, 2.45) is 11.1 Å². The average molecular weight is 471 g/mol. The van der Waals surface area contributed by atoms with Crippen molar-refractivity contribution < 1.29 is 23.5 Å². The van der Waals surface area contributed by atoms with Gasteiger partial charge in [0, 0.05) is 19.0 Å². The third-order valence-electron chi connectivity index (χ3n) is 6.18. The maximum atomic E-state index is 13.6. The Hall–Kier alpha value is -1.48. The molecule has 1 unspecified atom stereocenters. The van der Waals surface area contributed by atoms with Gasteiger partial charge in [-0.05, 0) is 48.2 Å². The lowest BCUT2D eigenvalue weighted by Gasteiger charge is -2.41. The van der Waals surface area contributed by atoms with E-state index in [1.54, 1.807) is 12.1 Å². The molecule has 0 radical (unpaired) electrons. The maximum absolute atomic E-state index is 13.6. The number of aliphatic hydroxyl groups excluding tert-OH is 1. The first-order valence-electron chi connectivity index (χ1n) is 11.2. The molecule has 8 heteroatoms. The second-order valence-corrected chi connectivity index (χ2v) is 16.0. The van der Waals surface area contributed by atoms with Gasteiger partial charge in [0.25, 0.3) is 0 Å². The zero-order valence-electron chi connectivity index (χ0n) is 21.2. The molecule has 6 nitrogen and oxygen atoms in total. The second-order valence-electron chi connectivity index (χ2n) is 11.2. The number of carbonyl (C=O) groups is 1. The van der Waals surface area contributed by atoms with E-state index in [9.17, 15) is 14.3 Å². The molecule has 1 rings (SSSR count). The molecule has 0 bridgehead atoms. The van der Waals surface area contributed by atoms with E-state index in [0.29, 0.717) is 12.1 Å². The number of nitrogens with two attached hydrogens (primary N) is 1. The predicted octanol–water partition coefficient (Wildman–Crippen LogP) is 4.61. The minimum Gasteiger partial charge on any atom is -0.443 e. The zero-order valence-corrected chi connectivity index (χ0v) is 22.2. The summed E-state index contributed by atoms with van der Waals surface area (Å²) in [6.07, 6.45) is -2.89. The largest absolute Gasteiger partial charge is 0.443 e. The fourth-order valence-corrected chi connectivity index (χ4v) is 4.89. The van der Waals surface area contributed by atoms with E-state index < -0.39 is 38.5 Å². The van der Waals surface area contributed by atoms with Gasteiger partial charge < -0.3 is 25.3 Å². The van der Waals surface area contributed by atoms with Gasteiger partial charge in [-0.25, -0.2) is 9.18 Å². The van der Waals surface area contributed by atoms with E-state index in [-0.39, 0.29) is 23.0 Å². The van der Waals surface area contributed by atoms with Crippen molar-refractivity contribution in [3.05, 3.63) is 35.6 Å². The lowest BCUT2D eigenvalue weighted by atomic mass is 9.80. The van der Waals surface area contributed by atoms with Crippen LogP contribution < -0.4 is 11.1 Å². The molecule has 0 aliphatic rings. The van der Waals surface area contributed by atoms with Gasteiger partial charge in [-0.3, -0.25) is 0 Å². The molecule has 1 aromatic rings. The van der Waals surface area contributed by atoms with E-state index in [4.69, 9.17) is 14.9 Å². The minimum atomic E-state index is -1.94. The molecule has 0 saturated carbocycles. The van der Waals surface area contributed by atoms with Crippen LogP contribution in [0, 0.1) is 11.2 Å². The highest BCUT2D eigenvalue weighted by atomic mass is 28.4. The number of ether oxygens (including phenoxy) is 1. The Morgan fingerprint density at radius 2 is 1.81 bits per heavy atom. The first kappa shape index (κ1) is 28.5. The van der Waals surface area contributed by atoms with Crippen LogP contribution in [0.4, 0.5) is 9.18 Å². The molecule has 4 atom stereocenters. The topological polar surface area (TPSA) is 93.8 Å². The Balaban J connectivity index is 3.00. The van der Waals surface area contributed by atoms with Gasteiger partial charge in [0.05, 0.1) is 6.10 Å². The number of hydrogen-bond donors (Lipinski definition) is 3. The summed E-state index contributed by atoms with van der Waals surface area (Å²) in [6, 6.07) is 5.58. The number of primary amides is 1. The first-order chi connectivity index (χ1) is 14.4. The van der Waals surface area contributed by atoms with Crippen molar-refractivity contribution in [3.63, 3.8) is 0 Å². The van der Waals surface area contributed by atoms with Crippen molar-refractivity contribution in [3.8, 4) is 0 Å². The van der Waals surface area contributed by atoms with E-state index in [2.05, 4.69) is 39.2 Å². The average Bonchev–Trinajstić information content (AvgIpc) is 2.58. The minimum absolute atomic E-state index is 0.0633. The molecule has 0 saturated heterocycles. The van der Waals surface area contributed by atoms with Crippen LogP contribution in [-0.4, -0.2) is 50.4 Å². The zero-order chi connectivity index (χ0) is 24.9. The normalized spacial score (nSPS) is 16.8. The highest BCUT2D eigenvalue weighted by molar-refractivity contribution is 6.74. The summed E-state index contributed by atoms with van der Waals surface area (Å²) in [4.78, 5) is 11.5. The third-order valence-corrected chi connectivity index (χ3v) is 10.8. The number of aliphatic hydroxyl groups is 1.